The predicted molar refractivity (Wildman–Crippen MR) is 78.5 cm³/mol. The molecule has 1 fully saturated rings. The average Bonchev–Trinajstić information content (AvgIpc) is 2.48. The fraction of sp³-hybridized carbons (Fsp3) is 0.467. The van der Waals surface area contributed by atoms with Gasteiger partial charge in [0.2, 0.25) is 5.91 Å². The number of piperazine rings is 1. The van der Waals surface area contributed by atoms with Crippen LogP contribution in [-0.4, -0.2) is 54.2 Å². The van der Waals surface area contributed by atoms with Crippen LogP contribution in [0.2, 0.25) is 0 Å². The van der Waals surface area contributed by atoms with Crippen LogP contribution >= 0.6 is 0 Å². The molecule has 114 valence electrons. The van der Waals surface area contributed by atoms with Gasteiger partial charge in [0.05, 0.1) is 5.69 Å². The lowest BCUT2D eigenvalue weighted by Gasteiger charge is -2.34. The van der Waals surface area contributed by atoms with Crippen molar-refractivity contribution in [1.82, 2.24) is 9.80 Å². The molecule has 1 saturated heterocycles. The number of anilines is 1. The second kappa shape index (κ2) is 6.67. The Labute approximate surface area is 123 Å². The summed E-state index contributed by atoms with van der Waals surface area (Å²) in [6, 6.07) is 4.06. The highest BCUT2D eigenvalue weighted by atomic mass is 19.1. The summed E-state index contributed by atoms with van der Waals surface area (Å²) in [6.07, 6.45) is 0.366. The third-order valence-corrected chi connectivity index (χ3v) is 3.79. The van der Waals surface area contributed by atoms with E-state index in [4.69, 9.17) is 5.73 Å². The van der Waals surface area contributed by atoms with Crippen LogP contribution in [0.5, 0.6) is 0 Å². The summed E-state index contributed by atoms with van der Waals surface area (Å²) in [5.41, 5.74) is 5.90. The molecule has 5 nitrogen and oxygen atoms in total. The van der Waals surface area contributed by atoms with Crippen molar-refractivity contribution in [2.45, 2.75) is 13.3 Å². The van der Waals surface area contributed by atoms with Gasteiger partial charge in [-0.3, -0.25) is 14.5 Å². The Bertz CT molecular complexity index is 540. The van der Waals surface area contributed by atoms with Gasteiger partial charge in [-0.25, -0.2) is 4.39 Å². The molecule has 1 aliphatic rings. The largest absolute Gasteiger partial charge is 0.396 e. The molecule has 1 heterocycles. The van der Waals surface area contributed by atoms with E-state index in [2.05, 4.69) is 4.90 Å². The minimum Gasteiger partial charge on any atom is -0.396 e. The highest BCUT2D eigenvalue weighted by molar-refractivity contribution is 5.96. The number of amides is 1. The first-order chi connectivity index (χ1) is 9.97. The number of ketones is 1. The molecule has 0 spiro atoms. The molecule has 21 heavy (non-hydrogen) atoms. The van der Waals surface area contributed by atoms with Crippen molar-refractivity contribution in [1.29, 1.82) is 0 Å². The lowest BCUT2D eigenvalue weighted by atomic mass is 10.1. The van der Waals surface area contributed by atoms with E-state index in [0.717, 1.165) is 13.1 Å². The molecule has 2 N–H and O–H groups in total. The first-order valence-electron chi connectivity index (χ1n) is 7.03. The maximum absolute atomic E-state index is 13.1. The maximum atomic E-state index is 13.1. The SMILES string of the molecule is CC(=O)N1CCN(CCC(=O)c2ccc(F)c(N)c2)CC1. The van der Waals surface area contributed by atoms with Crippen molar-refractivity contribution in [2.24, 2.45) is 0 Å². The summed E-state index contributed by atoms with van der Waals surface area (Å²) >= 11 is 0. The number of rotatable bonds is 4. The molecule has 1 aromatic carbocycles. The van der Waals surface area contributed by atoms with E-state index in [1.807, 2.05) is 0 Å². The van der Waals surface area contributed by atoms with Gasteiger partial charge in [0, 0.05) is 51.6 Å². The number of halogens is 1. The van der Waals surface area contributed by atoms with Crippen LogP contribution in [0.4, 0.5) is 10.1 Å². The Morgan fingerprint density at radius 1 is 1.24 bits per heavy atom. The summed E-state index contributed by atoms with van der Waals surface area (Å²) in [6.45, 7) is 5.16. The van der Waals surface area contributed by atoms with Gasteiger partial charge in [-0.2, -0.15) is 0 Å². The third-order valence-electron chi connectivity index (χ3n) is 3.79. The Kier molecular flexibility index (Phi) is 4.90. The number of Topliss-reactive ketones (excluding diaryl/α,β-unsaturated/α-hetero) is 1. The summed E-state index contributed by atoms with van der Waals surface area (Å²) in [4.78, 5) is 27.2. The van der Waals surface area contributed by atoms with Crippen LogP contribution < -0.4 is 5.73 Å². The fourth-order valence-corrected chi connectivity index (χ4v) is 2.41. The van der Waals surface area contributed by atoms with Crippen molar-refractivity contribution in [3.8, 4) is 0 Å². The zero-order valence-electron chi connectivity index (χ0n) is 12.1. The third kappa shape index (κ3) is 4.01. The van der Waals surface area contributed by atoms with Gasteiger partial charge in [-0.05, 0) is 18.2 Å². The van der Waals surface area contributed by atoms with Gasteiger partial charge in [0.15, 0.2) is 5.78 Å². The number of nitrogen functional groups attached to an aromatic ring is 1. The molecule has 1 aliphatic heterocycles. The summed E-state index contributed by atoms with van der Waals surface area (Å²) in [7, 11) is 0. The molecular formula is C15H20FN3O2. The van der Waals surface area contributed by atoms with E-state index in [0.29, 0.717) is 31.6 Å². The number of carbonyl (C=O) groups excluding carboxylic acids is 2. The molecular weight excluding hydrogens is 273 g/mol. The molecule has 2 rings (SSSR count). The van der Waals surface area contributed by atoms with E-state index in [-0.39, 0.29) is 17.4 Å². The van der Waals surface area contributed by atoms with Gasteiger partial charge in [0.1, 0.15) is 5.82 Å². The molecule has 0 atom stereocenters. The molecule has 1 aromatic rings. The van der Waals surface area contributed by atoms with Crippen LogP contribution in [-0.2, 0) is 4.79 Å². The van der Waals surface area contributed by atoms with Crippen molar-refractivity contribution in [3.05, 3.63) is 29.6 Å². The van der Waals surface area contributed by atoms with Gasteiger partial charge in [0.25, 0.3) is 0 Å². The molecule has 1 amide bonds. The zero-order valence-corrected chi connectivity index (χ0v) is 12.1. The van der Waals surface area contributed by atoms with Gasteiger partial charge >= 0.3 is 0 Å². The molecule has 0 bridgehead atoms. The number of nitrogens with zero attached hydrogens (tertiary/aromatic N) is 2. The second-order valence-electron chi connectivity index (χ2n) is 5.26. The van der Waals surface area contributed by atoms with E-state index >= 15 is 0 Å². The monoisotopic (exact) mass is 293 g/mol. The van der Waals surface area contributed by atoms with Crippen LogP contribution in [0.1, 0.15) is 23.7 Å². The minimum absolute atomic E-state index is 0.00378. The fourth-order valence-electron chi connectivity index (χ4n) is 2.41. The Balaban J connectivity index is 1.82. The van der Waals surface area contributed by atoms with E-state index < -0.39 is 5.82 Å². The molecule has 0 saturated carbocycles. The predicted octanol–water partition coefficient (Wildman–Crippen LogP) is 1.14. The van der Waals surface area contributed by atoms with Gasteiger partial charge in [-0.15, -0.1) is 0 Å². The van der Waals surface area contributed by atoms with Crippen molar-refractivity contribution in [2.75, 3.05) is 38.5 Å². The number of nitrogens with two attached hydrogens (primary N) is 1. The normalized spacial score (nSPS) is 16.0. The maximum Gasteiger partial charge on any atom is 0.219 e. The smallest absolute Gasteiger partial charge is 0.219 e. The highest BCUT2D eigenvalue weighted by Crippen LogP contribution is 2.14. The highest BCUT2D eigenvalue weighted by Gasteiger charge is 2.19. The molecule has 0 unspecified atom stereocenters. The summed E-state index contributed by atoms with van der Waals surface area (Å²) in [5.74, 6) is -0.463. The van der Waals surface area contributed by atoms with Gasteiger partial charge in [-0.1, -0.05) is 0 Å². The molecule has 0 radical (unpaired) electrons. The number of hydrogen-bond acceptors (Lipinski definition) is 4. The van der Waals surface area contributed by atoms with Crippen molar-refractivity contribution >= 4 is 17.4 Å². The standard InChI is InChI=1S/C15H20FN3O2/c1-11(20)19-8-6-18(7-9-19)5-4-15(21)12-2-3-13(16)14(17)10-12/h2-3,10H,4-9,17H2,1H3. The van der Waals surface area contributed by atoms with Crippen LogP contribution in [0.15, 0.2) is 18.2 Å². The van der Waals surface area contributed by atoms with E-state index in [1.165, 1.54) is 18.2 Å². The van der Waals surface area contributed by atoms with Crippen LogP contribution in [0.25, 0.3) is 0 Å². The Morgan fingerprint density at radius 3 is 2.48 bits per heavy atom. The number of carbonyl (C=O) groups is 2. The first-order valence-corrected chi connectivity index (χ1v) is 7.03. The number of benzene rings is 1. The van der Waals surface area contributed by atoms with Crippen molar-refractivity contribution in [3.63, 3.8) is 0 Å². The lowest BCUT2D eigenvalue weighted by molar-refractivity contribution is -0.130. The van der Waals surface area contributed by atoms with E-state index in [1.54, 1.807) is 11.8 Å². The van der Waals surface area contributed by atoms with E-state index in [9.17, 15) is 14.0 Å². The molecule has 6 heteroatoms. The quantitative estimate of drug-likeness (QED) is 0.668. The van der Waals surface area contributed by atoms with Crippen LogP contribution in [0, 0.1) is 5.82 Å². The average molecular weight is 293 g/mol. The van der Waals surface area contributed by atoms with Crippen LogP contribution in [0.3, 0.4) is 0 Å². The minimum atomic E-state index is -0.507. The van der Waals surface area contributed by atoms with Gasteiger partial charge < -0.3 is 10.6 Å². The Hall–Kier alpha value is -1.95. The lowest BCUT2D eigenvalue weighted by Crippen LogP contribution is -2.48. The summed E-state index contributed by atoms with van der Waals surface area (Å²) < 4.78 is 13.1. The second-order valence-corrected chi connectivity index (χ2v) is 5.26. The Morgan fingerprint density at radius 2 is 1.90 bits per heavy atom. The molecule has 0 aliphatic carbocycles. The van der Waals surface area contributed by atoms with Crippen molar-refractivity contribution < 1.29 is 14.0 Å². The zero-order chi connectivity index (χ0) is 15.4. The molecule has 0 aromatic heterocycles. The summed E-state index contributed by atoms with van der Waals surface area (Å²) in [5, 5.41) is 0. The number of hydrogen-bond donors (Lipinski definition) is 1. The first kappa shape index (κ1) is 15.4. The topological polar surface area (TPSA) is 66.6 Å².